The summed E-state index contributed by atoms with van der Waals surface area (Å²) < 4.78 is 4.85. The number of aliphatic hydroxyl groups is 1. The summed E-state index contributed by atoms with van der Waals surface area (Å²) in [6.45, 7) is 5.31. The monoisotopic (exact) mass is 538 g/mol. The van der Waals surface area contributed by atoms with Gasteiger partial charge in [-0.25, -0.2) is 0 Å². The number of thioether (sulfide) groups is 1. The first-order valence-electron chi connectivity index (χ1n) is 13.9. The van der Waals surface area contributed by atoms with Gasteiger partial charge >= 0.3 is 5.97 Å². The van der Waals surface area contributed by atoms with Gasteiger partial charge in [0.15, 0.2) is 0 Å². The van der Waals surface area contributed by atoms with E-state index < -0.39 is 22.6 Å². The first-order chi connectivity index (χ1) is 18.4. The lowest BCUT2D eigenvalue weighted by atomic mass is 9.78. The fourth-order valence-corrected chi connectivity index (χ4v) is 8.66. The summed E-state index contributed by atoms with van der Waals surface area (Å²) in [6, 6.07) is 5.29. The number of esters is 1. The average molecular weight is 539 g/mol. The standard InChI is InChI=1S/C30H38N2O5S/c1-20-12-10-13-21(2)25(20)31-17-11-15-30-24(23-22(38-30)14-6-3-4-9-19-37-29(23)36)27(34)32(26(30)28(31)35)16-7-5-8-18-33/h6,10-15,22-24,26,33H,3-5,7-9,16-19H2,1-2H3/b14-6-/t22-,23+,24-,26?,30-/m0/s1. The highest BCUT2D eigenvalue weighted by molar-refractivity contribution is 8.02. The number of ether oxygens (including phenoxy) is 1. The van der Waals surface area contributed by atoms with Crippen molar-refractivity contribution >= 4 is 35.2 Å². The number of benzene rings is 1. The number of unbranched alkanes of at least 4 members (excludes halogenated alkanes) is 2. The van der Waals surface area contributed by atoms with E-state index in [1.807, 2.05) is 43.0 Å². The zero-order chi connectivity index (χ0) is 26.9. The Balaban J connectivity index is 1.59. The minimum absolute atomic E-state index is 0.0982. The van der Waals surface area contributed by atoms with Gasteiger partial charge in [0.2, 0.25) is 5.91 Å². The molecule has 1 spiro atoms. The Hall–Kier alpha value is -2.58. The van der Waals surface area contributed by atoms with Gasteiger partial charge in [-0.05, 0) is 63.5 Å². The van der Waals surface area contributed by atoms with Gasteiger partial charge in [-0.15, -0.1) is 11.8 Å². The number of nitrogens with zero attached hydrogens (tertiary/aromatic N) is 2. The number of allylic oxidation sites excluding steroid dienone is 1. The highest BCUT2D eigenvalue weighted by Crippen LogP contribution is 2.61. The first kappa shape index (κ1) is 27.0. The molecule has 1 aromatic rings. The molecule has 2 amide bonds. The van der Waals surface area contributed by atoms with Crippen molar-refractivity contribution in [1.29, 1.82) is 0 Å². The summed E-state index contributed by atoms with van der Waals surface area (Å²) in [5, 5.41) is 9.04. The molecule has 7 nitrogen and oxygen atoms in total. The maximum atomic E-state index is 14.6. The van der Waals surface area contributed by atoms with E-state index in [1.54, 1.807) is 16.7 Å². The summed E-state index contributed by atoms with van der Waals surface area (Å²) in [4.78, 5) is 45.8. The molecule has 1 N–H and O–H groups in total. The number of aliphatic hydroxyl groups excluding tert-OH is 1. The second-order valence-electron chi connectivity index (χ2n) is 10.8. The molecular formula is C30H38N2O5S. The Kier molecular flexibility index (Phi) is 8.00. The third-order valence-corrected chi connectivity index (χ3v) is 10.1. The van der Waals surface area contributed by atoms with E-state index in [4.69, 9.17) is 4.74 Å². The minimum Gasteiger partial charge on any atom is -0.465 e. The van der Waals surface area contributed by atoms with Crippen LogP contribution in [-0.2, 0) is 19.1 Å². The average Bonchev–Trinajstić information content (AvgIpc) is 3.27. The number of fused-ring (bicyclic) bond motifs is 2. The second-order valence-corrected chi connectivity index (χ2v) is 12.3. The Labute approximate surface area is 229 Å². The number of para-hydroxylation sites is 1. The molecule has 1 aromatic carbocycles. The molecule has 0 radical (unpaired) electrons. The van der Waals surface area contributed by atoms with Crippen molar-refractivity contribution in [1.82, 2.24) is 4.90 Å². The van der Waals surface area contributed by atoms with Crippen LogP contribution in [0.25, 0.3) is 0 Å². The highest BCUT2D eigenvalue weighted by atomic mass is 32.2. The van der Waals surface area contributed by atoms with Gasteiger partial charge in [0.1, 0.15) is 6.04 Å². The molecule has 2 fully saturated rings. The van der Waals surface area contributed by atoms with Crippen LogP contribution < -0.4 is 4.90 Å². The van der Waals surface area contributed by atoms with E-state index >= 15 is 0 Å². The zero-order valence-corrected chi connectivity index (χ0v) is 23.1. The molecule has 5 rings (SSSR count). The summed E-state index contributed by atoms with van der Waals surface area (Å²) >= 11 is 1.59. The normalized spacial score (nSPS) is 31.9. The number of aryl methyl sites for hydroxylation is 2. The van der Waals surface area contributed by atoms with Gasteiger partial charge in [0.25, 0.3) is 5.91 Å². The van der Waals surface area contributed by atoms with E-state index in [2.05, 4.69) is 18.2 Å². The molecule has 5 atom stereocenters. The fraction of sp³-hybridized carbons (Fsp3) is 0.567. The summed E-state index contributed by atoms with van der Waals surface area (Å²) in [7, 11) is 0. The number of cyclic esters (lactones) is 1. The Morgan fingerprint density at radius 3 is 2.61 bits per heavy atom. The predicted molar refractivity (Wildman–Crippen MR) is 149 cm³/mol. The molecule has 4 aliphatic heterocycles. The molecule has 8 heteroatoms. The largest absolute Gasteiger partial charge is 0.465 e. The number of likely N-dealkylation sites (tertiary alicyclic amines) is 1. The van der Waals surface area contributed by atoms with Crippen molar-refractivity contribution in [3.8, 4) is 0 Å². The summed E-state index contributed by atoms with van der Waals surface area (Å²) in [5.74, 6) is -1.85. The SMILES string of the molecule is Cc1cccc(C)c1N1CC=C[C@]23S[C@H]4/C=C\CCCCOC(=O)[C@H]4[C@H]2C(=O)N(CCCCCO)C3C1=O. The summed E-state index contributed by atoms with van der Waals surface area (Å²) in [6.07, 6.45) is 13.0. The maximum Gasteiger partial charge on any atom is 0.311 e. The van der Waals surface area contributed by atoms with Crippen LogP contribution in [0.5, 0.6) is 0 Å². The molecule has 0 bridgehead atoms. The van der Waals surface area contributed by atoms with Gasteiger partial charge in [-0.3, -0.25) is 14.4 Å². The molecule has 204 valence electrons. The molecule has 4 heterocycles. The number of hydrogen-bond acceptors (Lipinski definition) is 6. The van der Waals surface area contributed by atoms with Crippen molar-refractivity contribution < 1.29 is 24.2 Å². The summed E-state index contributed by atoms with van der Waals surface area (Å²) in [5.41, 5.74) is 2.91. The van der Waals surface area contributed by atoms with Gasteiger partial charge in [0, 0.05) is 30.6 Å². The molecule has 0 saturated carbocycles. The highest BCUT2D eigenvalue weighted by Gasteiger charge is 2.70. The van der Waals surface area contributed by atoms with E-state index in [0.717, 1.165) is 42.5 Å². The van der Waals surface area contributed by atoms with Crippen LogP contribution in [0.3, 0.4) is 0 Å². The van der Waals surface area contributed by atoms with Crippen molar-refractivity contribution in [2.24, 2.45) is 11.8 Å². The van der Waals surface area contributed by atoms with Crippen LogP contribution in [0.1, 0.15) is 49.7 Å². The Morgan fingerprint density at radius 1 is 1.05 bits per heavy atom. The topological polar surface area (TPSA) is 87.2 Å². The van der Waals surface area contributed by atoms with E-state index in [9.17, 15) is 19.5 Å². The number of carbonyl (C=O) groups excluding carboxylic acids is 3. The number of rotatable bonds is 6. The lowest BCUT2D eigenvalue weighted by molar-refractivity contribution is -0.153. The number of amides is 2. The Bertz CT molecular complexity index is 1130. The van der Waals surface area contributed by atoms with Crippen LogP contribution in [0.2, 0.25) is 0 Å². The zero-order valence-electron chi connectivity index (χ0n) is 22.3. The lowest BCUT2D eigenvalue weighted by Gasteiger charge is -2.36. The molecule has 2 saturated heterocycles. The molecule has 0 aliphatic carbocycles. The van der Waals surface area contributed by atoms with E-state index in [1.165, 1.54) is 0 Å². The number of anilines is 1. The third-order valence-electron chi connectivity index (χ3n) is 8.37. The van der Waals surface area contributed by atoms with E-state index in [0.29, 0.717) is 32.5 Å². The predicted octanol–water partition coefficient (Wildman–Crippen LogP) is 3.95. The van der Waals surface area contributed by atoms with Crippen molar-refractivity contribution in [3.05, 3.63) is 53.6 Å². The Morgan fingerprint density at radius 2 is 1.84 bits per heavy atom. The van der Waals surface area contributed by atoms with Crippen LogP contribution in [0.15, 0.2) is 42.5 Å². The van der Waals surface area contributed by atoms with Crippen LogP contribution >= 0.6 is 11.8 Å². The molecule has 0 aromatic heterocycles. The van der Waals surface area contributed by atoms with Crippen molar-refractivity contribution in [2.75, 3.05) is 31.2 Å². The van der Waals surface area contributed by atoms with E-state index in [-0.39, 0.29) is 29.6 Å². The second kappa shape index (κ2) is 11.3. The van der Waals surface area contributed by atoms with Gasteiger partial charge in [-0.2, -0.15) is 0 Å². The molecule has 38 heavy (non-hydrogen) atoms. The number of carbonyl (C=O) groups is 3. The minimum atomic E-state index is -0.844. The molecule has 1 unspecified atom stereocenters. The van der Waals surface area contributed by atoms with Crippen LogP contribution in [0, 0.1) is 25.7 Å². The third kappa shape index (κ3) is 4.60. The van der Waals surface area contributed by atoms with Gasteiger partial charge in [-0.1, -0.05) is 42.5 Å². The van der Waals surface area contributed by atoms with Crippen LogP contribution in [0.4, 0.5) is 5.69 Å². The first-order valence-corrected chi connectivity index (χ1v) is 14.8. The fourth-order valence-electron chi connectivity index (χ4n) is 6.66. The molecular weight excluding hydrogens is 500 g/mol. The maximum absolute atomic E-state index is 14.6. The van der Waals surface area contributed by atoms with Crippen molar-refractivity contribution in [2.45, 2.75) is 68.4 Å². The quantitative estimate of drug-likeness (QED) is 0.335. The van der Waals surface area contributed by atoms with Gasteiger partial charge < -0.3 is 19.6 Å². The number of hydrogen-bond donors (Lipinski definition) is 1. The molecule has 4 aliphatic rings. The van der Waals surface area contributed by atoms with Gasteiger partial charge in [0.05, 0.1) is 23.2 Å². The smallest absolute Gasteiger partial charge is 0.311 e. The van der Waals surface area contributed by atoms with Crippen molar-refractivity contribution in [3.63, 3.8) is 0 Å². The lowest BCUT2D eigenvalue weighted by Crippen LogP contribution is -2.53. The van der Waals surface area contributed by atoms with Crippen LogP contribution in [-0.4, -0.2) is 70.1 Å².